The van der Waals surface area contributed by atoms with E-state index in [1.165, 1.54) is 12.1 Å². The summed E-state index contributed by atoms with van der Waals surface area (Å²) in [5.74, 6) is -1.33. The largest absolute Gasteiger partial charge is 0.478 e. The number of nitrogens with one attached hydrogen (secondary N) is 1. The highest BCUT2D eigenvalue weighted by Gasteiger charge is 2.15. The highest BCUT2D eigenvalue weighted by molar-refractivity contribution is 9.10. The molecule has 1 aromatic rings. The quantitative estimate of drug-likeness (QED) is 0.747. The third-order valence-corrected chi connectivity index (χ3v) is 3.45. The van der Waals surface area contributed by atoms with Crippen molar-refractivity contribution in [1.82, 2.24) is 0 Å². The lowest BCUT2D eigenvalue weighted by atomic mass is 10.0. The maximum Gasteiger partial charge on any atom is 0.335 e. The van der Waals surface area contributed by atoms with Crippen LogP contribution in [0.4, 0.5) is 5.69 Å². The molecule has 1 rings (SSSR count). The average molecular weight is 329 g/mol. The first-order valence-corrected chi connectivity index (χ1v) is 6.78. The third-order valence-electron chi connectivity index (χ3n) is 2.76. The van der Waals surface area contributed by atoms with Gasteiger partial charge in [-0.1, -0.05) is 6.92 Å². The molecule has 0 bridgehead atoms. The molecule has 0 radical (unpaired) electrons. The molecule has 0 aliphatic heterocycles. The van der Waals surface area contributed by atoms with Gasteiger partial charge in [-0.3, -0.25) is 4.79 Å². The van der Waals surface area contributed by atoms with E-state index >= 15 is 0 Å². The van der Waals surface area contributed by atoms with Crippen LogP contribution >= 0.6 is 15.9 Å². The Morgan fingerprint density at radius 3 is 2.74 bits per heavy atom. The molecule has 1 unspecified atom stereocenters. The molecular weight excluding hydrogens is 312 g/mol. The van der Waals surface area contributed by atoms with Crippen molar-refractivity contribution in [2.24, 2.45) is 11.7 Å². The van der Waals surface area contributed by atoms with Gasteiger partial charge in [-0.05, 0) is 53.5 Å². The van der Waals surface area contributed by atoms with Crippen LogP contribution in [0.2, 0.25) is 0 Å². The molecule has 0 saturated carbocycles. The SMILES string of the molecule is CC(CCCN)C(=O)Nc1cc(C(=O)O)ccc1Br. The van der Waals surface area contributed by atoms with Gasteiger partial charge in [0.2, 0.25) is 5.91 Å². The number of carbonyl (C=O) groups excluding carboxylic acids is 1. The molecule has 0 fully saturated rings. The van der Waals surface area contributed by atoms with Crippen molar-refractivity contribution in [3.05, 3.63) is 28.2 Å². The summed E-state index contributed by atoms with van der Waals surface area (Å²) in [7, 11) is 0. The lowest BCUT2D eigenvalue weighted by Crippen LogP contribution is -2.21. The second-order valence-corrected chi connectivity index (χ2v) is 5.18. The topological polar surface area (TPSA) is 92.4 Å². The van der Waals surface area contributed by atoms with Crippen LogP contribution in [0.25, 0.3) is 0 Å². The molecule has 19 heavy (non-hydrogen) atoms. The molecule has 0 aromatic heterocycles. The van der Waals surface area contributed by atoms with E-state index < -0.39 is 5.97 Å². The molecular formula is C13H17BrN2O3. The van der Waals surface area contributed by atoms with Crippen LogP contribution in [0.1, 0.15) is 30.1 Å². The van der Waals surface area contributed by atoms with E-state index in [0.29, 0.717) is 23.1 Å². The highest BCUT2D eigenvalue weighted by Crippen LogP contribution is 2.24. The summed E-state index contributed by atoms with van der Waals surface area (Å²) in [6.45, 7) is 2.37. The number of aromatic carboxylic acids is 1. The number of carboxylic acids is 1. The summed E-state index contributed by atoms with van der Waals surface area (Å²) >= 11 is 3.28. The number of hydrogen-bond acceptors (Lipinski definition) is 3. The minimum absolute atomic E-state index is 0.133. The van der Waals surface area contributed by atoms with Gasteiger partial charge in [-0.2, -0.15) is 0 Å². The number of anilines is 1. The van der Waals surface area contributed by atoms with Gasteiger partial charge in [0.25, 0.3) is 0 Å². The van der Waals surface area contributed by atoms with Crippen molar-refractivity contribution in [3.8, 4) is 0 Å². The standard InChI is InChI=1S/C13H17BrN2O3/c1-8(3-2-6-15)12(17)16-11-7-9(13(18)19)4-5-10(11)14/h4-5,7-8H,2-3,6,15H2,1H3,(H,16,17)(H,18,19). The predicted molar refractivity (Wildman–Crippen MR) is 77.2 cm³/mol. The van der Waals surface area contributed by atoms with Crippen molar-refractivity contribution in [2.75, 3.05) is 11.9 Å². The van der Waals surface area contributed by atoms with Gasteiger partial charge in [0.15, 0.2) is 0 Å². The number of carboxylic acid groups (broad SMARTS) is 1. The molecule has 1 aromatic carbocycles. The molecule has 104 valence electrons. The maximum atomic E-state index is 11.9. The molecule has 6 heteroatoms. The molecule has 0 saturated heterocycles. The summed E-state index contributed by atoms with van der Waals surface area (Å²) in [6.07, 6.45) is 1.49. The number of amides is 1. The van der Waals surface area contributed by atoms with Crippen LogP contribution in [-0.2, 0) is 4.79 Å². The third kappa shape index (κ3) is 4.65. The van der Waals surface area contributed by atoms with Crippen molar-refractivity contribution < 1.29 is 14.7 Å². The average Bonchev–Trinajstić information content (AvgIpc) is 2.38. The van der Waals surface area contributed by atoms with Crippen molar-refractivity contribution in [1.29, 1.82) is 0 Å². The van der Waals surface area contributed by atoms with Crippen LogP contribution in [-0.4, -0.2) is 23.5 Å². The maximum absolute atomic E-state index is 11.9. The smallest absolute Gasteiger partial charge is 0.335 e. The molecule has 0 spiro atoms. The van der Waals surface area contributed by atoms with Gasteiger partial charge < -0.3 is 16.2 Å². The Kier molecular flexibility index (Phi) is 5.98. The van der Waals surface area contributed by atoms with Crippen LogP contribution in [0, 0.1) is 5.92 Å². The van der Waals surface area contributed by atoms with E-state index in [1.807, 2.05) is 6.92 Å². The van der Waals surface area contributed by atoms with Gasteiger partial charge >= 0.3 is 5.97 Å². The second kappa shape index (κ2) is 7.25. The number of halogens is 1. The molecule has 1 amide bonds. The van der Waals surface area contributed by atoms with Gasteiger partial charge in [0.1, 0.15) is 0 Å². The molecule has 5 nitrogen and oxygen atoms in total. The molecule has 0 aliphatic carbocycles. The van der Waals surface area contributed by atoms with Crippen LogP contribution in [0.3, 0.4) is 0 Å². The van der Waals surface area contributed by atoms with Crippen LogP contribution in [0.15, 0.2) is 22.7 Å². The molecule has 0 heterocycles. The molecule has 1 atom stereocenters. The van der Waals surface area contributed by atoms with Gasteiger partial charge in [-0.15, -0.1) is 0 Å². The van der Waals surface area contributed by atoms with Gasteiger partial charge in [0, 0.05) is 10.4 Å². The summed E-state index contributed by atoms with van der Waals surface area (Å²) in [6, 6.07) is 4.50. The molecule has 0 aliphatic rings. The van der Waals surface area contributed by atoms with Crippen molar-refractivity contribution >= 4 is 33.5 Å². The number of hydrogen-bond donors (Lipinski definition) is 3. The fraction of sp³-hybridized carbons (Fsp3) is 0.385. The second-order valence-electron chi connectivity index (χ2n) is 4.32. The fourth-order valence-electron chi connectivity index (χ4n) is 1.57. The zero-order valence-electron chi connectivity index (χ0n) is 10.6. The van der Waals surface area contributed by atoms with Crippen molar-refractivity contribution in [2.45, 2.75) is 19.8 Å². The molecule has 4 N–H and O–H groups in total. The fourth-order valence-corrected chi connectivity index (χ4v) is 1.91. The Balaban J connectivity index is 2.78. The predicted octanol–water partition coefficient (Wildman–Crippen LogP) is 2.46. The van der Waals surface area contributed by atoms with Crippen LogP contribution < -0.4 is 11.1 Å². The first kappa shape index (κ1) is 15.7. The van der Waals surface area contributed by atoms with E-state index in [0.717, 1.165) is 6.42 Å². The Hall–Kier alpha value is -1.40. The number of carbonyl (C=O) groups is 2. The number of rotatable bonds is 6. The van der Waals surface area contributed by atoms with E-state index in [2.05, 4.69) is 21.2 Å². The lowest BCUT2D eigenvalue weighted by molar-refractivity contribution is -0.119. The highest BCUT2D eigenvalue weighted by atomic mass is 79.9. The zero-order chi connectivity index (χ0) is 14.4. The summed E-state index contributed by atoms with van der Waals surface area (Å²) in [5, 5.41) is 11.6. The monoisotopic (exact) mass is 328 g/mol. The number of benzene rings is 1. The lowest BCUT2D eigenvalue weighted by Gasteiger charge is -2.13. The Morgan fingerprint density at radius 1 is 1.47 bits per heavy atom. The van der Waals surface area contributed by atoms with Gasteiger partial charge in [0.05, 0.1) is 11.3 Å². The summed E-state index contributed by atoms with van der Waals surface area (Å²) in [5.41, 5.74) is 6.00. The normalized spacial score (nSPS) is 11.9. The minimum atomic E-state index is -1.03. The van der Waals surface area contributed by atoms with Crippen molar-refractivity contribution in [3.63, 3.8) is 0 Å². The Bertz CT molecular complexity index is 477. The summed E-state index contributed by atoms with van der Waals surface area (Å²) < 4.78 is 0.650. The number of nitrogens with two attached hydrogens (primary N) is 1. The first-order valence-electron chi connectivity index (χ1n) is 5.99. The van der Waals surface area contributed by atoms with E-state index in [9.17, 15) is 9.59 Å². The Labute approximate surface area is 120 Å². The minimum Gasteiger partial charge on any atom is -0.478 e. The first-order chi connectivity index (χ1) is 8.95. The van der Waals surface area contributed by atoms with E-state index in [-0.39, 0.29) is 17.4 Å². The zero-order valence-corrected chi connectivity index (χ0v) is 12.2. The van der Waals surface area contributed by atoms with Gasteiger partial charge in [-0.25, -0.2) is 4.79 Å². The van der Waals surface area contributed by atoms with Crippen LogP contribution in [0.5, 0.6) is 0 Å². The Morgan fingerprint density at radius 2 is 2.16 bits per heavy atom. The summed E-state index contributed by atoms with van der Waals surface area (Å²) in [4.78, 5) is 22.8. The van der Waals surface area contributed by atoms with E-state index in [4.69, 9.17) is 10.8 Å². The van der Waals surface area contributed by atoms with E-state index in [1.54, 1.807) is 6.07 Å².